The number of anilines is 1. The number of esters is 1. The van der Waals surface area contributed by atoms with Crippen LogP contribution in [0.25, 0.3) is 0 Å². The first-order valence-corrected chi connectivity index (χ1v) is 8.24. The fourth-order valence-corrected chi connectivity index (χ4v) is 2.36. The second-order valence-corrected chi connectivity index (χ2v) is 5.89. The van der Waals surface area contributed by atoms with Crippen LogP contribution in [0.15, 0.2) is 42.5 Å². The van der Waals surface area contributed by atoms with Gasteiger partial charge < -0.3 is 14.8 Å². The summed E-state index contributed by atoms with van der Waals surface area (Å²) in [5, 5.41) is 3.40. The molecule has 0 saturated carbocycles. The van der Waals surface area contributed by atoms with Crippen molar-refractivity contribution in [1.82, 2.24) is 0 Å². The second-order valence-electron chi connectivity index (χ2n) is 5.49. The smallest absolute Gasteiger partial charge is 0.337 e. The zero-order valence-electron chi connectivity index (χ0n) is 14.3. The lowest BCUT2D eigenvalue weighted by atomic mass is 10.2. The number of hydrogen-bond acceptors (Lipinski definition) is 4. The molecule has 0 bridgehead atoms. The largest absolute Gasteiger partial charge is 0.481 e. The molecule has 0 spiro atoms. The Morgan fingerprint density at radius 1 is 1.20 bits per heavy atom. The molecule has 1 amide bonds. The van der Waals surface area contributed by atoms with Crippen molar-refractivity contribution in [3.63, 3.8) is 0 Å². The predicted molar refractivity (Wildman–Crippen MR) is 97.3 cm³/mol. The van der Waals surface area contributed by atoms with E-state index in [-0.39, 0.29) is 5.91 Å². The molecule has 2 aromatic carbocycles. The number of halogens is 1. The zero-order chi connectivity index (χ0) is 18.4. The Morgan fingerprint density at radius 3 is 2.60 bits per heavy atom. The highest BCUT2D eigenvalue weighted by Crippen LogP contribution is 2.23. The van der Waals surface area contributed by atoms with E-state index in [1.165, 1.54) is 7.11 Å². The molecule has 0 aromatic heterocycles. The Bertz CT molecular complexity index is 776. The summed E-state index contributed by atoms with van der Waals surface area (Å²) in [5.74, 6) is -0.180. The van der Waals surface area contributed by atoms with Crippen LogP contribution >= 0.6 is 11.6 Å². The molecule has 1 N–H and O–H groups in total. The number of benzene rings is 2. The predicted octanol–water partition coefficient (Wildman–Crippen LogP) is 4.23. The molecule has 0 saturated heterocycles. The van der Waals surface area contributed by atoms with Gasteiger partial charge in [0.2, 0.25) is 0 Å². The van der Waals surface area contributed by atoms with Crippen molar-refractivity contribution >= 4 is 29.2 Å². The topological polar surface area (TPSA) is 64.6 Å². The minimum Gasteiger partial charge on any atom is -0.481 e. The molecule has 25 heavy (non-hydrogen) atoms. The van der Waals surface area contributed by atoms with E-state index in [2.05, 4.69) is 10.1 Å². The van der Waals surface area contributed by atoms with Crippen molar-refractivity contribution in [3.05, 3.63) is 58.6 Å². The molecular weight excluding hydrogens is 342 g/mol. The van der Waals surface area contributed by atoms with Gasteiger partial charge in [-0.05, 0) is 55.3 Å². The van der Waals surface area contributed by atoms with Crippen LogP contribution < -0.4 is 10.1 Å². The molecule has 0 aliphatic rings. The van der Waals surface area contributed by atoms with Crippen molar-refractivity contribution in [1.29, 1.82) is 0 Å². The highest BCUT2D eigenvalue weighted by molar-refractivity contribution is 6.31. The third kappa shape index (κ3) is 4.97. The number of carbonyl (C=O) groups excluding carboxylic acids is 2. The van der Waals surface area contributed by atoms with Crippen LogP contribution in [0.2, 0.25) is 5.02 Å². The molecule has 0 unspecified atom stereocenters. The summed E-state index contributed by atoms with van der Waals surface area (Å²) < 4.78 is 10.4. The number of nitrogens with one attached hydrogen (secondary N) is 1. The van der Waals surface area contributed by atoms with E-state index in [0.717, 1.165) is 5.56 Å². The van der Waals surface area contributed by atoms with E-state index >= 15 is 0 Å². The van der Waals surface area contributed by atoms with E-state index in [0.29, 0.717) is 28.4 Å². The van der Waals surface area contributed by atoms with E-state index in [1.54, 1.807) is 42.5 Å². The van der Waals surface area contributed by atoms with Gasteiger partial charge in [0.25, 0.3) is 5.91 Å². The molecule has 6 heteroatoms. The third-order valence-corrected chi connectivity index (χ3v) is 4.05. The average molecular weight is 362 g/mol. The molecule has 0 aliphatic heterocycles. The number of methoxy groups -OCH3 is 1. The van der Waals surface area contributed by atoms with Gasteiger partial charge >= 0.3 is 5.97 Å². The molecule has 0 aliphatic carbocycles. The summed E-state index contributed by atoms with van der Waals surface area (Å²) in [7, 11) is 1.31. The summed E-state index contributed by atoms with van der Waals surface area (Å²) >= 11 is 6.00. The van der Waals surface area contributed by atoms with Gasteiger partial charge in [-0.25, -0.2) is 4.79 Å². The standard InChI is InChI=1S/C19H20ClNO4/c1-4-17(25-15-8-9-16(20)12(2)10-15)18(22)21-14-7-5-6-13(11-14)19(23)24-3/h5-11,17H,4H2,1-3H3,(H,21,22)/t17-/m0/s1. The SMILES string of the molecule is CC[C@H](Oc1ccc(Cl)c(C)c1)C(=O)Nc1cccc(C(=O)OC)c1. The lowest BCUT2D eigenvalue weighted by molar-refractivity contribution is -0.122. The lowest BCUT2D eigenvalue weighted by Gasteiger charge is -2.18. The molecule has 2 aromatic rings. The Hall–Kier alpha value is -2.53. The molecule has 1 atom stereocenters. The number of carbonyl (C=O) groups is 2. The number of amides is 1. The van der Waals surface area contributed by atoms with Gasteiger partial charge in [0, 0.05) is 10.7 Å². The maximum absolute atomic E-state index is 12.5. The maximum Gasteiger partial charge on any atom is 0.337 e. The van der Waals surface area contributed by atoms with Crippen LogP contribution in [0.4, 0.5) is 5.69 Å². The van der Waals surface area contributed by atoms with Crippen LogP contribution in [0.5, 0.6) is 5.75 Å². The van der Waals surface area contributed by atoms with Crippen molar-refractivity contribution in [3.8, 4) is 5.75 Å². The fourth-order valence-electron chi connectivity index (χ4n) is 2.24. The molecule has 2 rings (SSSR count). The van der Waals surface area contributed by atoms with Crippen LogP contribution in [0.3, 0.4) is 0 Å². The lowest BCUT2D eigenvalue weighted by Crippen LogP contribution is -2.32. The van der Waals surface area contributed by atoms with Gasteiger partial charge in [-0.2, -0.15) is 0 Å². The van der Waals surface area contributed by atoms with Crippen LogP contribution in [-0.4, -0.2) is 25.1 Å². The first kappa shape index (κ1) is 18.8. The molecule has 0 fully saturated rings. The van der Waals surface area contributed by atoms with Crippen LogP contribution in [0.1, 0.15) is 29.3 Å². The quantitative estimate of drug-likeness (QED) is 0.782. The molecular formula is C19H20ClNO4. The number of hydrogen-bond donors (Lipinski definition) is 1. The minimum absolute atomic E-state index is 0.294. The molecule has 0 heterocycles. The summed E-state index contributed by atoms with van der Waals surface area (Å²) in [6.07, 6.45) is -0.174. The van der Waals surface area contributed by atoms with Crippen LogP contribution in [0, 0.1) is 6.92 Å². The van der Waals surface area contributed by atoms with Crippen molar-refractivity contribution < 1.29 is 19.1 Å². The maximum atomic E-state index is 12.5. The minimum atomic E-state index is -0.664. The Morgan fingerprint density at radius 2 is 1.96 bits per heavy atom. The van der Waals surface area contributed by atoms with Crippen molar-refractivity contribution in [2.75, 3.05) is 12.4 Å². The van der Waals surface area contributed by atoms with Gasteiger partial charge in [0.05, 0.1) is 12.7 Å². The molecule has 0 radical (unpaired) electrons. The summed E-state index contributed by atoms with van der Waals surface area (Å²) in [5.41, 5.74) is 1.74. The first-order chi connectivity index (χ1) is 11.9. The van der Waals surface area contributed by atoms with E-state index in [9.17, 15) is 9.59 Å². The zero-order valence-corrected chi connectivity index (χ0v) is 15.1. The van der Waals surface area contributed by atoms with Gasteiger partial charge in [0.1, 0.15) is 5.75 Å². The summed E-state index contributed by atoms with van der Waals surface area (Å²) in [4.78, 5) is 24.0. The van der Waals surface area contributed by atoms with Crippen molar-refractivity contribution in [2.45, 2.75) is 26.4 Å². The highest BCUT2D eigenvalue weighted by atomic mass is 35.5. The summed E-state index contributed by atoms with van der Waals surface area (Å²) in [6, 6.07) is 11.8. The molecule has 132 valence electrons. The molecule has 5 nitrogen and oxygen atoms in total. The van der Waals surface area contributed by atoms with E-state index in [1.807, 2.05) is 13.8 Å². The first-order valence-electron chi connectivity index (χ1n) is 7.86. The van der Waals surface area contributed by atoms with E-state index < -0.39 is 12.1 Å². The normalized spacial score (nSPS) is 11.5. The van der Waals surface area contributed by atoms with Gasteiger partial charge in [0.15, 0.2) is 6.10 Å². The number of aryl methyl sites for hydroxylation is 1. The van der Waals surface area contributed by atoms with E-state index in [4.69, 9.17) is 16.3 Å². The third-order valence-electron chi connectivity index (χ3n) is 3.62. The fraction of sp³-hybridized carbons (Fsp3) is 0.263. The number of ether oxygens (including phenoxy) is 2. The van der Waals surface area contributed by atoms with Crippen LogP contribution in [-0.2, 0) is 9.53 Å². The Labute approximate surface area is 151 Å². The van der Waals surface area contributed by atoms with Gasteiger partial charge in [-0.15, -0.1) is 0 Å². The Kier molecular flexibility index (Phi) is 6.42. The van der Waals surface area contributed by atoms with Crippen molar-refractivity contribution in [2.24, 2.45) is 0 Å². The summed E-state index contributed by atoms with van der Waals surface area (Å²) in [6.45, 7) is 3.73. The Balaban J connectivity index is 2.09. The average Bonchev–Trinajstić information content (AvgIpc) is 2.62. The monoisotopic (exact) mass is 361 g/mol. The number of rotatable bonds is 6. The highest BCUT2D eigenvalue weighted by Gasteiger charge is 2.19. The van der Waals surface area contributed by atoms with Gasteiger partial charge in [-0.1, -0.05) is 24.6 Å². The van der Waals surface area contributed by atoms with Gasteiger partial charge in [-0.3, -0.25) is 4.79 Å². The second kappa shape index (κ2) is 8.53.